The molecule has 0 amide bonds. The quantitative estimate of drug-likeness (QED) is 0.809. The van der Waals surface area contributed by atoms with Crippen LogP contribution in [0.15, 0.2) is 29.6 Å². The normalized spacial score (nSPS) is 11.6. The van der Waals surface area contributed by atoms with E-state index in [9.17, 15) is 16.7 Å². The smallest absolute Gasteiger partial charge is 0.240 e. The Bertz CT molecular complexity index is 620. The Morgan fingerprint density at radius 3 is 2.47 bits per heavy atom. The molecule has 0 unspecified atom stereocenters. The monoisotopic (exact) mass is 275 g/mol. The van der Waals surface area contributed by atoms with Gasteiger partial charge < -0.3 is 0 Å². The minimum absolute atomic E-state index is 0.150. The van der Waals surface area contributed by atoms with Crippen molar-refractivity contribution < 1.29 is 16.7 Å². The number of hydrogen-bond acceptors (Lipinski definition) is 4. The highest BCUT2D eigenvalue weighted by Crippen LogP contribution is 2.24. The predicted octanol–water partition coefficient (Wildman–Crippen LogP) is 2.75. The Hall–Kier alpha value is -1.34. The van der Waals surface area contributed by atoms with Gasteiger partial charge in [0, 0.05) is 10.9 Å². The molecule has 0 aliphatic heterocycles. The lowest BCUT2D eigenvalue weighted by atomic mass is 10.2. The highest BCUT2D eigenvalue weighted by atomic mass is 32.3. The van der Waals surface area contributed by atoms with Crippen molar-refractivity contribution in [3.05, 3.63) is 41.2 Å². The molecule has 0 fully saturated rings. The SMILES string of the molecule is O=S(=O)(F)Cc1csc(-c2ccc(F)cc2)n1. The zero-order chi connectivity index (χ0) is 12.5. The van der Waals surface area contributed by atoms with Gasteiger partial charge in [0.05, 0.1) is 5.69 Å². The summed E-state index contributed by atoms with van der Waals surface area (Å²) in [7, 11) is -4.57. The molecule has 0 atom stereocenters. The maximum atomic E-state index is 12.7. The van der Waals surface area contributed by atoms with Gasteiger partial charge in [-0.15, -0.1) is 15.2 Å². The molecule has 0 aliphatic carbocycles. The predicted molar refractivity (Wildman–Crippen MR) is 61.2 cm³/mol. The highest BCUT2D eigenvalue weighted by Gasteiger charge is 2.12. The molecular formula is C10H7F2NO2S2. The van der Waals surface area contributed by atoms with Gasteiger partial charge in [-0.25, -0.2) is 9.37 Å². The first kappa shape index (κ1) is 12.1. The van der Waals surface area contributed by atoms with Crippen molar-refractivity contribution in [1.82, 2.24) is 4.98 Å². The first-order valence-electron chi connectivity index (χ1n) is 4.57. The summed E-state index contributed by atoms with van der Waals surface area (Å²) in [6, 6.07) is 5.62. The third-order valence-corrected chi connectivity index (χ3v) is 3.54. The standard InChI is InChI=1S/C10H7F2NO2S2/c11-8-3-1-7(2-4-8)10-13-9(5-16-10)6-17(12,14)15/h1-5H,6H2. The molecule has 3 nitrogen and oxygen atoms in total. The van der Waals surface area contributed by atoms with Gasteiger partial charge in [0.15, 0.2) is 0 Å². The van der Waals surface area contributed by atoms with Gasteiger partial charge in [0.1, 0.15) is 16.6 Å². The van der Waals surface area contributed by atoms with Crippen LogP contribution >= 0.6 is 11.3 Å². The Morgan fingerprint density at radius 1 is 1.24 bits per heavy atom. The highest BCUT2D eigenvalue weighted by molar-refractivity contribution is 7.85. The van der Waals surface area contributed by atoms with Crippen molar-refractivity contribution in [2.24, 2.45) is 0 Å². The van der Waals surface area contributed by atoms with Crippen LogP contribution in [-0.4, -0.2) is 13.4 Å². The molecule has 0 radical (unpaired) electrons. The van der Waals surface area contributed by atoms with E-state index in [-0.39, 0.29) is 11.5 Å². The second kappa shape index (κ2) is 4.50. The average Bonchev–Trinajstić information content (AvgIpc) is 2.64. The molecule has 17 heavy (non-hydrogen) atoms. The van der Waals surface area contributed by atoms with E-state index in [0.29, 0.717) is 10.6 Å². The van der Waals surface area contributed by atoms with Gasteiger partial charge >= 0.3 is 10.2 Å². The van der Waals surface area contributed by atoms with Crippen LogP contribution in [0.1, 0.15) is 5.69 Å². The number of hydrogen-bond donors (Lipinski definition) is 0. The lowest BCUT2D eigenvalue weighted by Crippen LogP contribution is -1.96. The van der Waals surface area contributed by atoms with Gasteiger partial charge in [-0.05, 0) is 24.3 Å². The second-order valence-electron chi connectivity index (χ2n) is 3.33. The lowest BCUT2D eigenvalue weighted by Gasteiger charge is -1.95. The van der Waals surface area contributed by atoms with E-state index in [1.807, 2.05) is 0 Å². The van der Waals surface area contributed by atoms with Crippen LogP contribution in [0.2, 0.25) is 0 Å². The number of thiazole rings is 1. The molecule has 0 saturated carbocycles. The molecule has 0 aliphatic rings. The molecule has 1 aromatic carbocycles. The number of halogens is 2. The zero-order valence-electron chi connectivity index (χ0n) is 8.43. The molecule has 0 N–H and O–H groups in total. The fourth-order valence-electron chi connectivity index (χ4n) is 1.27. The molecular weight excluding hydrogens is 268 g/mol. The van der Waals surface area contributed by atoms with Crippen LogP contribution in [0.5, 0.6) is 0 Å². The van der Waals surface area contributed by atoms with Crippen molar-refractivity contribution in [3.63, 3.8) is 0 Å². The Morgan fingerprint density at radius 2 is 1.88 bits per heavy atom. The minimum atomic E-state index is -4.57. The van der Waals surface area contributed by atoms with Crippen LogP contribution in [0.25, 0.3) is 10.6 Å². The van der Waals surface area contributed by atoms with E-state index in [1.165, 1.54) is 41.0 Å². The fraction of sp³-hybridized carbons (Fsp3) is 0.100. The molecule has 0 bridgehead atoms. The molecule has 2 rings (SSSR count). The first-order valence-corrected chi connectivity index (χ1v) is 7.00. The Labute approximate surface area is 101 Å². The summed E-state index contributed by atoms with van der Waals surface area (Å²) < 4.78 is 46.0. The van der Waals surface area contributed by atoms with Gasteiger partial charge in [0.25, 0.3) is 0 Å². The molecule has 0 spiro atoms. The number of rotatable bonds is 3. The molecule has 90 valence electrons. The van der Waals surface area contributed by atoms with Crippen LogP contribution in [0.3, 0.4) is 0 Å². The van der Waals surface area contributed by atoms with Crippen molar-refractivity contribution >= 4 is 21.6 Å². The number of aromatic nitrogens is 1. The van der Waals surface area contributed by atoms with Gasteiger partial charge in [-0.1, -0.05) is 0 Å². The summed E-state index contributed by atoms with van der Waals surface area (Å²) in [6.07, 6.45) is 0. The molecule has 2 aromatic rings. The molecule has 0 saturated heterocycles. The van der Waals surface area contributed by atoms with Crippen LogP contribution < -0.4 is 0 Å². The number of nitrogens with zero attached hydrogens (tertiary/aromatic N) is 1. The summed E-state index contributed by atoms with van der Waals surface area (Å²) in [5.41, 5.74) is 0.815. The van der Waals surface area contributed by atoms with Crippen LogP contribution in [-0.2, 0) is 16.0 Å². The van der Waals surface area contributed by atoms with Crippen molar-refractivity contribution in [2.75, 3.05) is 0 Å². The summed E-state index contributed by atoms with van der Waals surface area (Å²) in [5, 5.41) is 2.00. The Balaban J connectivity index is 2.27. The second-order valence-corrected chi connectivity index (χ2v) is 5.56. The van der Waals surface area contributed by atoms with Gasteiger partial charge in [0.2, 0.25) is 0 Å². The third-order valence-electron chi connectivity index (χ3n) is 1.96. The van der Waals surface area contributed by atoms with Crippen LogP contribution in [0, 0.1) is 5.82 Å². The van der Waals surface area contributed by atoms with Crippen LogP contribution in [0.4, 0.5) is 8.28 Å². The van der Waals surface area contributed by atoms with Gasteiger partial charge in [-0.3, -0.25) is 0 Å². The largest absolute Gasteiger partial charge is 0.308 e. The molecule has 1 aromatic heterocycles. The van der Waals surface area contributed by atoms with E-state index >= 15 is 0 Å². The van der Waals surface area contributed by atoms with E-state index in [4.69, 9.17) is 0 Å². The maximum absolute atomic E-state index is 12.7. The van der Waals surface area contributed by atoms with E-state index in [1.54, 1.807) is 0 Å². The van der Waals surface area contributed by atoms with E-state index < -0.39 is 16.0 Å². The van der Waals surface area contributed by atoms with E-state index in [2.05, 4.69) is 4.98 Å². The maximum Gasteiger partial charge on any atom is 0.308 e. The van der Waals surface area contributed by atoms with E-state index in [0.717, 1.165) is 0 Å². The van der Waals surface area contributed by atoms with Crippen molar-refractivity contribution in [2.45, 2.75) is 5.75 Å². The summed E-state index contributed by atoms with van der Waals surface area (Å²) >= 11 is 1.18. The molecule has 7 heteroatoms. The third kappa shape index (κ3) is 3.31. The lowest BCUT2D eigenvalue weighted by molar-refractivity contribution is 0.550. The fourth-order valence-corrected chi connectivity index (χ4v) is 2.71. The number of benzene rings is 1. The summed E-state index contributed by atoms with van der Waals surface area (Å²) in [4.78, 5) is 3.97. The summed E-state index contributed by atoms with van der Waals surface area (Å²) in [6.45, 7) is 0. The average molecular weight is 275 g/mol. The minimum Gasteiger partial charge on any atom is -0.240 e. The van der Waals surface area contributed by atoms with Crippen molar-refractivity contribution in [1.29, 1.82) is 0 Å². The summed E-state index contributed by atoms with van der Waals surface area (Å²) in [5.74, 6) is -1.10. The van der Waals surface area contributed by atoms with Crippen molar-refractivity contribution in [3.8, 4) is 10.6 Å². The Kier molecular flexibility index (Phi) is 3.21. The first-order chi connectivity index (χ1) is 7.94. The van der Waals surface area contributed by atoms with Gasteiger partial charge in [-0.2, -0.15) is 8.42 Å². The molecule has 1 heterocycles. The zero-order valence-corrected chi connectivity index (χ0v) is 10.1. The topological polar surface area (TPSA) is 47.0 Å².